The molecular formula is C34H34N4O3. The van der Waals surface area contributed by atoms with E-state index in [4.69, 9.17) is 4.98 Å². The summed E-state index contributed by atoms with van der Waals surface area (Å²) in [5.41, 5.74) is 6.31. The molecule has 7 heteroatoms. The molecule has 3 N–H and O–H groups in total. The molecule has 0 aliphatic heterocycles. The molecule has 1 heterocycles. The second kappa shape index (κ2) is 13.0. The van der Waals surface area contributed by atoms with Crippen LogP contribution in [-0.4, -0.2) is 39.6 Å². The van der Waals surface area contributed by atoms with Crippen LogP contribution in [0.5, 0.6) is 0 Å². The SMILES string of the molecule is CCCCc1nc2ccc(C(=O)NCCNc3ccccc3)cc2n1Cc1ccc(-c2ccccc2C(=O)O)cc1. The van der Waals surface area contributed by atoms with Crippen molar-refractivity contribution < 1.29 is 14.7 Å². The average molecular weight is 547 g/mol. The van der Waals surface area contributed by atoms with E-state index < -0.39 is 5.97 Å². The zero-order chi connectivity index (χ0) is 28.6. The Balaban J connectivity index is 1.35. The van der Waals surface area contributed by atoms with Crippen molar-refractivity contribution in [2.24, 2.45) is 0 Å². The Kier molecular flexibility index (Phi) is 8.74. The predicted octanol–water partition coefficient (Wildman–Crippen LogP) is 6.63. The molecule has 1 amide bonds. The minimum atomic E-state index is -0.942. The predicted molar refractivity (Wildman–Crippen MR) is 164 cm³/mol. The van der Waals surface area contributed by atoms with E-state index in [2.05, 4.69) is 22.1 Å². The van der Waals surface area contributed by atoms with E-state index in [0.717, 1.165) is 52.9 Å². The van der Waals surface area contributed by atoms with Crippen molar-refractivity contribution in [3.05, 3.63) is 120 Å². The lowest BCUT2D eigenvalue weighted by Gasteiger charge is -2.12. The minimum Gasteiger partial charge on any atom is -0.478 e. The first-order chi connectivity index (χ1) is 20.0. The number of anilines is 1. The normalized spacial score (nSPS) is 11.0. The van der Waals surface area contributed by atoms with E-state index >= 15 is 0 Å². The van der Waals surface area contributed by atoms with Gasteiger partial charge in [0.05, 0.1) is 16.6 Å². The molecule has 0 aliphatic rings. The summed E-state index contributed by atoms with van der Waals surface area (Å²) in [6, 6.07) is 30.6. The summed E-state index contributed by atoms with van der Waals surface area (Å²) in [5.74, 6) is -0.0692. The van der Waals surface area contributed by atoms with Crippen molar-refractivity contribution in [2.75, 3.05) is 18.4 Å². The standard InChI is InChI=1S/C34H34N4O3/c1-2-3-13-32-37-30-19-18-26(33(39)36-21-20-35-27-9-5-4-6-10-27)22-31(30)38(32)23-24-14-16-25(17-15-24)28-11-7-8-12-29(28)34(40)41/h4-12,14-19,22,35H,2-3,13,20-21,23H2,1H3,(H,36,39)(H,40,41). The number of aromatic nitrogens is 2. The number of aromatic carboxylic acids is 1. The van der Waals surface area contributed by atoms with Gasteiger partial charge in [-0.15, -0.1) is 0 Å². The van der Waals surface area contributed by atoms with Gasteiger partial charge in [0.1, 0.15) is 5.82 Å². The minimum absolute atomic E-state index is 0.119. The Morgan fingerprint density at radius 2 is 1.63 bits per heavy atom. The number of hydrogen-bond donors (Lipinski definition) is 3. The molecule has 0 unspecified atom stereocenters. The van der Waals surface area contributed by atoms with Crippen LogP contribution in [0.4, 0.5) is 5.69 Å². The maximum atomic E-state index is 13.0. The number of nitrogens with one attached hydrogen (secondary N) is 2. The number of fused-ring (bicyclic) bond motifs is 1. The molecule has 208 valence electrons. The largest absolute Gasteiger partial charge is 0.478 e. The van der Waals surface area contributed by atoms with Crippen molar-refractivity contribution in [1.29, 1.82) is 0 Å². The van der Waals surface area contributed by atoms with E-state index in [0.29, 0.717) is 30.8 Å². The summed E-state index contributed by atoms with van der Waals surface area (Å²) in [5, 5.41) is 15.9. The fourth-order valence-corrected chi connectivity index (χ4v) is 4.95. The number of carboxylic acids is 1. The molecule has 0 aliphatic carbocycles. The summed E-state index contributed by atoms with van der Waals surface area (Å²) < 4.78 is 2.19. The van der Waals surface area contributed by atoms with Gasteiger partial charge in [0.2, 0.25) is 0 Å². The topological polar surface area (TPSA) is 96.3 Å². The number of unbranched alkanes of at least 4 members (excludes halogenated alkanes) is 1. The molecule has 5 rings (SSSR count). The summed E-state index contributed by atoms with van der Waals surface area (Å²) >= 11 is 0. The lowest BCUT2D eigenvalue weighted by Crippen LogP contribution is -2.28. The van der Waals surface area contributed by atoms with Gasteiger partial charge in [0.15, 0.2) is 0 Å². The summed E-state index contributed by atoms with van der Waals surface area (Å²) in [6.07, 6.45) is 2.93. The molecule has 4 aromatic carbocycles. The van der Waals surface area contributed by atoms with Gasteiger partial charge in [0, 0.05) is 37.3 Å². The number of aryl methyl sites for hydroxylation is 1. The molecule has 0 bridgehead atoms. The fraction of sp³-hybridized carbons (Fsp3) is 0.206. The van der Waals surface area contributed by atoms with Gasteiger partial charge in [0.25, 0.3) is 5.91 Å². The van der Waals surface area contributed by atoms with Crippen molar-refractivity contribution in [3.8, 4) is 11.1 Å². The van der Waals surface area contributed by atoms with Gasteiger partial charge in [-0.3, -0.25) is 4.79 Å². The number of amides is 1. The van der Waals surface area contributed by atoms with Crippen LogP contribution < -0.4 is 10.6 Å². The highest BCUT2D eigenvalue weighted by atomic mass is 16.4. The molecule has 0 atom stereocenters. The Morgan fingerprint density at radius 3 is 2.39 bits per heavy atom. The second-order valence-corrected chi connectivity index (χ2v) is 10.0. The third-order valence-electron chi connectivity index (χ3n) is 7.12. The number of para-hydroxylation sites is 1. The first-order valence-electron chi connectivity index (χ1n) is 14.0. The number of carbonyl (C=O) groups excluding carboxylic acids is 1. The van der Waals surface area contributed by atoms with E-state index in [9.17, 15) is 14.7 Å². The zero-order valence-corrected chi connectivity index (χ0v) is 23.1. The van der Waals surface area contributed by atoms with Crippen molar-refractivity contribution in [3.63, 3.8) is 0 Å². The Morgan fingerprint density at radius 1 is 0.878 bits per heavy atom. The number of nitrogens with zero attached hydrogens (tertiary/aromatic N) is 2. The molecule has 0 spiro atoms. The Hall–Kier alpha value is -4.91. The Bertz CT molecular complexity index is 1640. The molecule has 0 radical (unpaired) electrons. The lowest BCUT2D eigenvalue weighted by molar-refractivity contribution is 0.0697. The van der Waals surface area contributed by atoms with E-state index in [1.54, 1.807) is 12.1 Å². The van der Waals surface area contributed by atoms with Crippen LogP contribution in [0.1, 0.15) is 51.9 Å². The van der Waals surface area contributed by atoms with Gasteiger partial charge in [-0.05, 0) is 59.5 Å². The van der Waals surface area contributed by atoms with E-state index in [1.807, 2.05) is 84.9 Å². The molecule has 41 heavy (non-hydrogen) atoms. The molecule has 0 saturated heterocycles. The fourth-order valence-electron chi connectivity index (χ4n) is 4.95. The number of carbonyl (C=O) groups is 2. The molecule has 5 aromatic rings. The smallest absolute Gasteiger partial charge is 0.336 e. The quantitative estimate of drug-likeness (QED) is 0.153. The van der Waals surface area contributed by atoms with Crippen LogP contribution in [0.15, 0.2) is 97.1 Å². The second-order valence-electron chi connectivity index (χ2n) is 10.0. The van der Waals surface area contributed by atoms with E-state index in [-0.39, 0.29) is 11.5 Å². The lowest BCUT2D eigenvalue weighted by atomic mass is 9.99. The monoisotopic (exact) mass is 546 g/mol. The van der Waals surface area contributed by atoms with Crippen molar-refractivity contribution in [2.45, 2.75) is 32.7 Å². The number of benzene rings is 4. The number of rotatable bonds is 12. The van der Waals surface area contributed by atoms with Crippen LogP contribution in [-0.2, 0) is 13.0 Å². The van der Waals surface area contributed by atoms with Crippen molar-refractivity contribution >= 4 is 28.6 Å². The number of imidazole rings is 1. The summed E-state index contributed by atoms with van der Waals surface area (Å²) in [4.78, 5) is 29.6. The highest BCUT2D eigenvalue weighted by molar-refractivity contribution is 5.97. The maximum absolute atomic E-state index is 13.0. The van der Waals surface area contributed by atoms with Crippen LogP contribution in [0.2, 0.25) is 0 Å². The molecule has 0 fully saturated rings. The number of hydrogen-bond acceptors (Lipinski definition) is 4. The van der Waals surface area contributed by atoms with Crippen molar-refractivity contribution in [1.82, 2.24) is 14.9 Å². The average Bonchev–Trinajstić information content (AvgIpc) is 3.35. The van der Waals surface area contributed by atoms with Gasteiger partial charge < -0.3 is 20.3 Å². The molecule has 0 saturated carbocycles. The summed E-state index contributed by atoms with van der Waals surface area (Å²) in [6.45, 7) is 3.90. The third kappa shape index (κ3) is 6.64. The molecular weight excluding hydrogens is 512 g/mol. The highest BCUT2D eigenvalue weighted by Crippen LogP contribution is 2.26. The van der Waals surface area contributed by atoms with Crippen LogP contribution in [0, 0.1) is 0 Å². The van der Waals surface area contributed by atoms with Crippen LogP contribution >= 0.6 is 0 Å². The molecule has 7 nitrogen and oxygen atoms in total. The van der Waals surface area contributed by atoms with Gasteiger partial charge in [-0.25, -0.2) is 9.78 Å². The summed E-state index contributed by atoms with van der Waals surface area (Å²) in [7, 11) is 0. The first-order valence-corrected chi connectivity index (χ1v) is 14.0. The van der Waals surface area contributed by atoms with Crippen LogP contribution in [0.25, 0.3) is 22.2 Å². The van der Waals surface area contributed by atoms with Gasteiger partial charge >= 0.3 is 5.97 Å². The molecule has 1 aromatic heterocycles. The highest BCUT2D eigenvalue weighted by Gasteiger charge is 2.15. The van der Waals surface area contributed by atoms with Crippen LogP contribution in [0.3, 0.4) is 0 Å². The zero-order valence-electron chi connectivity index (χ0n) is 23.1. The van der Waals surface area contributed by atoms with E-state index in [1.165, 1.54) is 0 Å². The third-order valence-corrected chi connectivity index (χ3v) is 7.12. The van der Waals surface area contributed by atoms with Gasteiger partial charge in [-0.2, -0.15) is 0 Å². The Labute approximate surface area is 239 Å². The number of carboxylic acid groups (broad SMARTS) is 1. The van der Waals surface area contributed by atoms with Gasteiger partial charge in [-0.1, -0.05) is 74.0 Å². The maximum Gasteiger partial charge on any atom is 0.336 e. The first kappa shape index (κ1) is 27.6.